The molecule has 0 radical (unpaired) electrons. The first kappa shape index (κ1) is 24.0. The lowest BCUT2D eigenvalue weighted by molar-refractivity contribution is -0.162. The van der Waals surface area contributed by atoms with E-state index in [-0.39, 0.29) is 6.54 Å². The summed E-state index contributed by atoms with van der Waals surface area (Å²) in [5.74, 6) is -3.51. The van der Waals surface area contributed by atoms with Gasteiger partial charge in [0.25, 0.3) is 0 Å². The summed E-state index contributed by atoms with van der Waals surface area (Å²) in [5, 5.41) is 12.9. The molecule has 0 aromatic heterocycles. The Balaban J connectivity index is 1.52. The van der Waals surface area contributed by atoms with Gasteiger partial charge in [0.1, 0.15) is 23.5 Å². The van der Waals surface area contributed by atoms with Crippen LogP contribution in [0.1, 0.15) is 32.4 Å². The van der Waals surface area contributed by atoms with Crippen LogP contribution in [-0.2, 0) is 24.0 Å². The minimum Gasteiger partial charge on any atom is -0.480 e. The summed E-state index contributed by atoms with van der Waals surface area (Å²) in [5.41, 5.74) is 3.41. The number of nitrogens with zero attached hydrogens (tertiary/aromatic N) is 3. The molecule has 3 aliphatic heterocycles. The fourth-order valence-corrected chi connectivity index (χ4v) is 6.19. The van der Waals surface area contributed by atoms with Gasteiger partial charge < -0.3 is 20.2 Å². The number of hydrogen-bond donors (Lipinski definition) is 3. The number of amides is 4. The molecular formula is C22H27N5O6S. The van der Waals surface area contributed by atoms with Crippen LogP contribution in [0.5, 0.6) is 0 Å². The van der Waals surface area contributed by atoms with Crippen molar-refractivity contribution in [3.05, 3.63) is 35.9 Å². The maximum Gasteiger partial charge on any atom is 0.327 e. The van der Waals surface area contributed by atoms with Crippen molar-refractivity contribution in [1.82, 2.24) is 25.6 Å². The van der Waals surface area contributed by atoms with E-state index in [1.54, 1.807) is 51.1 Å². The van der Waals surface area contributed by atoms with E-state index in [1.165, 1.54) is 21.6 Å². The summed E-state index contributed by atoms with van der Waals surface area (Å²) in [7, 11) is 0. The summed E-state index contributed by atoms with van der Waals surface area (Å²) >= 11 is 1.33. The van der Waals surface area contributed by atoms with Crippen LogP contribution >= 0.6 is 11.8 Å². The van der Waals surface area contributed by atoms with Gasteiger partial charge in [-0.05, 0) is 26.3 Å². The number of thioether (sulfide) groups is 1. The third-order valence-corrected chi connectivity index (χ3v) is 7.91. The average molecular weight is 490 g/mol. The minimum atomic E-state index is -1.09. The maximum absolute atomic E-state index is 13.3. The molecular weight excluding hydrogens is 462 g/mol. The SMILES string of the molecule is CCN1CCN(N[C@H](C(=O)N[C@H]2C(=O)N3[C@@H](C(=O)O)C(C)(C)S[C@@H]23)c2ccccc2)C(=O)C1=O. The van der Waals surface area contributed by atoms with Crippen molar-refractivity contribution in [2.45, 2.75) is 49.0 Å². The largest absolute Gasteiger partial charge is 0.480 e. The van der Waals surface area contributed by atoms with Gasteiger partial charge in [0.2, 0.25) is 11.8 Å². The molecule has 4 atom stereocenters. The average Bonchev–Trinajstić information content (AvgIpc) is 3.06. The maximum atomic E-state index is 13.3. The van der Waals surface area contributed by atoms with E-state index in [0.717, 1.165) is 5.01 Å². The first-order valence-corrected chi connectivity index (χ1v) is 11.9. The van der Waals surface area contributed by atoms with Gasteiger partial charge in [-0.15, -0.1) is 11.8 Å². The lowest BCUT2D eigenvalue weighted by atomic mass is 9.95. The number of carboxylic acids is 1. The van der Waals surface area contributed by atoms with Gasteiger partial charge in [0.15, 0.2) is 0 Å². The molecule has 182 valence electrons. The van der Waals surface area contributed by atoms with Crippen molar-refractivity contribution >= 4 is 41.4 Å². The van der Waals surface area contributed by atoms with Gasteiger partial charge in [0, 0.05) is 17.8 Å². The molecule has 4 rings (SSSR count). The molecule has 12 heteroatoms. The fourth-order valence-electron chi connectivity index (χ4n) is 4.57. The Kier molecular flexibility index (Phi) is 6.30. The number of piperazine rings is 1. The monoisotopic (exact) mass is 489 g/mol. The van der Waals surface area contributed by atoms with Crippen LogP contribution in [0.3, 0.4) is 0 Å². The van der Waals surface area contributed by atoms with E-state index >= 15 is 0 Å². The van der Waals surface area contributed by atoms with Gasteiger partial charge in [-0.25, -0.2) is 10.2 Å². The first-order chi connectivity index (χ1) is 16.1. The molecule has 0 spiro atoms. The highest BCUT2D eigenvalue weighted by atomic mass is 32.2. The summed E-state index contributed by atoms with van der Waals surface area (Å²) in [6.45, 7) is 6.25. The van der Waals surface area contributed by atoms with Crippen LogP contribution < -0.4 is 10.7 Å². The number of carbonyl (C=O) groups excluding carboxylic acids is 4. The first-order valence-electron chi connectivity index (χ1n) is 11.0. The smallest absolute Gasteiger partial charge is 0.327 e. The van der Waals surface area contributed by atoms with E-state index in [0.29, 0.717) is 18.7 Å². The minimum absolute atomic E-state index is 0.206. The topological polar surface area (TPSA) is 139 Å². The van der Waals surface area contributed by atoms with Crippen molar-refractivity contribution in [2.75, 3.05) is 19.6 Å². The van der Waals surface area contributed by atoms with Crippen molar-refractivity contribution in [3.63, 3.8) is 0 Å². The zero-order valence-corrected chi connectivity index (χ0v) is 19.9. The van der Waals surface area contributed by atoms with Crippen LogP contribution in [0.2, 0.25) is 0 Å². The fraction of sp³-hybridized carbons (Fsp3) is 0.500. The van der Waals surface area contributed by atoms with E-state index in [9.17, 15) is 29.1 Å². The summed E-state index contributed by atoms with van der Waals surface area (Å²) < 4.78 is -0.714. The number of carbonyl (C=O) groups is 5. The number of hydrazine groups is 1. The Hall–Kier alpha value is -3.12. The number of rotatable bonds is 7. The Labute approximate surface area is 200 Å². The molecule has 34 heavy (non-hydrogen) atoms. The second kappa shape index (κ2) is 8.91. The van der Waals surface area contributed by atoms with E-state index in [1.807, 2.05) is 0 Å². The van der Waals surface area contributed by atoms with Crippen LogP contribution in [0.4, 0.5) is 0 Å². The third kappa shape index (κ3) is 4.00. The van der Waals surface area contributed by atoms with Crippen molar-refractivity contribution in [2.24, 2.45) is 0 Å². The Morgan fingerprint density at radius 2 is 1.82 bits per heavy atom. The van der Waals surface area contributed by atoms with E-state index in [2.05, 4.69) is 10.7 Å². The molecule has 11 nitrogen and oxygen atoms in total. The normalized spacial score (nSPS) is 26.7. The van der Waals surface area contributed by atoms with Crippen molar-refractivity contribution < 1.29 is 29.1 Å². The highest BCUT2D eigenvalue weighted by Gasteiger charge is 2.64. The van der Waals surface area contributed by atoms with Crippen molar-refractivity contribution in [1.29, 1.82) is 0 Å². The van der Waals surface area contributed by atoms with Gasteiger partial charge in [-0.2, -0.15) is 0 Å². The molecule has 0 saturated carbocycles. The lowest BCUT2D eigenvalue weighted by Gasteiger charge is -2.44. The molecule has 3 fully saturated rings. The number of likely N-dealkylation sites (N-methyl/N-ethyl adjacent to an activating group) is 1. The number of benzene rings is 1. The lowest BCUT2D eigenvalue weighted by Crippen LogP contribution is -2.71. The van der Waals surface area contributed by atoms with Crippen molar-refractivity contribution in [3.8, 4) is 0 Å². The van der Waals surface area contributed by atoms with E-state index < -0.39 is 57.8 Å². The standard InChI is InChI=1S/C22H27N5O6S/c1-4-25-10-11-26(19(31)18(25)30)24-13(12-8-6-5-7-9-12)16(28)23-14-17(29)27-15(21(32)33)22(2,3)34-20(14)27/h5-9,13-15,20,24H,4,10-11H2,1-3H3,(H,23,28)(H,32,33)/t13-,14-,15-,20-/m0/s1. The zero-order chi connectivity index (χ0) is 24.8. The number of fused-ring (bicyclic) bond motifs is 1. The summed E-state index contributed by atoms with van der Waals surface area (Å²) in [4.78, 5) is 65.4. The van der Waals surface area contributed by atoms with Crippen LogP contribution in [-0.4, -0.2) is 91.4 Å². The molecule has 0 aliphatic carbocycles. The van der Waals surface area contributed by atoms with Crippen LogP contribution in [0.15, 0.2) is 30.3 Å². The predicted molar refractivity (Wildman–Crippen MR) is 122 cm³/mol. The summed E-state index contributed by atoms with van der Waals surface area (Å²) in [6, 6.07) is 5.76. The second-order valence-electron chi connectivity index (χ2n) is 8.90. The molecule has 3 aliphatic rings. The molecule has 3 saturated heterocycles. The number of carboxylic acid groups (broad SMARTS) is 1. The molecule has 4 amide bonds. The molecule has 0 unspecified atom stereocenters. The number of nitrogens with one attached hydrogen (secondary N) is 2. The quantitative estimate of drug-likeness (QED) is 0.346. The summed E-state index contributed by atoms with van der Waals surface area (Å²) in [6.07, 6.45) is 0. The Morgan fingerprint density at radius 1 is 1.15 bits per heavy atom. The van der Waals surface area contributed by atoms with Gasteiger partial charge >= 0.3 is 17.8 Å². The Bertz CT molecular complexity index is 1030. The Morgan fingerprint density at radius 3 is 2.44 bits per heavy atom. The van der Waals surface area contributed by atoms with Crippen LogP contribution in [0, 0.1) is 0 Å². The van der Waals surface area contributed by atoms with Crippen LogP contribution in [0.25, 0.3) is 0 Å². The number of β-lactam (4-membered cyclic amide) rings is 1. The molecule has 3 N–H and O–H groups in total. The highest BCUT2D eigenvalue weighted by Crippen LogP contribution is 2.50. The number of hydrogen-bond acceptors (Lipinski definition) is 7. The van der Waals surface area contributed by atoms with Gasteiger partial charge in [-0.3, -0.25) is 24.2 Å². The third-order valence-electron chi connectivity index (χ3n) is 6.34. The zero-order valence-electron chi connectivity index (χ0n) is 19.1. The predicted octanol–water partition coefficient (Wildman–Crippen LogP) is -0.445. The van der Waals surface area contributed by atoms with Gasteiger partial charge in [0.05, 0.1) is 6.54 Å². The van der Waals surface area contributed by atoms with E-state index in [4.69, 9.17) is 0 Å². The van der Waals surface area contributed by atoms with Gasteiger partial charge in [-0.1, -0.05) is 30.3 Å². The molecule has 0 bridgehead atoms. The molecule has 1 aromatic rings. The molecule has 3 heterocycles. The second-order valence-corrected chi connectivity index (χ2v) is 10.7. The molecule has 1 aromatic carbocycles. The highest BCUT2D eigenvalue weighted by molar-refractivity contribution is 8.01. The number of aliphatic carboxylic acids is 1.